The first kappa shape index (κ1) is 7.23. The minimum Gasteiger partial charge on any atom is -0.271 e. The maximum absolute atomic E-state index is 5.87. The Hall–Kier alpha value is -1.20. The lowest BCUT2D eigenvalue weighted by Gasteiger charge is -1.90. The molecule has 0 aliphatic carbocycles. The zero-order valence-electron chi connectivity index (χ0n) is 6.31. The van der Waals surface area contributed by atoms with Crippen molar-refractivity contribution in [3.63, 3.8) is 0 Å². The Bertz CT molecular complexity index is 584. The normalized spacial score (nSPS) is 11.5. The molecule has 0 bridgehead atoms. The fourth-order valence-corrected chi connectivity index (χ4v) is 2.29. The third kappa shape index (κ3) is 0.942. The summed E-state index contributed by atoms with van der Waals surface area (Å²) >= 11 is 7.32. The molecule has 0 fully saturated rings. The van der Waals surface area contributed by atoms with Crippen molar-refractivity contribution >= 4 is 38.8 Å². The molecule has 0 amide bonds. The van der Waals surface area contributed by atoms with Crippen LogP contribution in [-0.2, 0) is 0 Å². The van der Waals surface area contributed by atoms with Crippen LogP contribution in [0.25, 0.3) is 15.9 Å². The van der Waals surface area contributed by atoms with Crippen molar-refractivity contribution in [1.29, 1.82) is 0 Å². The van der Waals surface area contributed by atoms with Gasteiger partial charge in [-0.1, -0.05) is 11.6 Å². The molecule has 0 aromatic carbocycles. The van der Waals surface area contributed by atoms with E-state index in [-0.39, 0.29) is 0 Å². The molecule has 0 radical (unpaired) electrons. The summed E-state index contributed by atoms with van der Waals surface area (Å²) in [6, 6.07) is 1.86. The molecular weight excluding hydrogens is 208 g/mol. The molecule has 0 spiro atoms. The molecule has 4 nitrogen and oxygen atoms in total. The van der Waals surface area contributed by atoms with Crippen molar-refractivity contribution in [2.45, 2.75) is 0 Å². The first-order valence-electron chi connectivity index (χ1n) is 3.58. The van der Waals surface area contributed by atoms with Gasteiger partial charge in [0, 0.05) is 0 Å². The second kappa shape index (κ2) is 2.40. The molecule has 3 aromatic rings. The summed E-state index contributed by atoms with van der Waals surface area (Å²) in [6.45, 7) is 0. The molecule has 0 saturated carbocycles. The predicted molar refractivity (Wildman–Crippen MR) is 51.2 cm³/mol. The molecule has 3 aromatic heterocycles. The molecule has 0 N–H and O–H groups in total. The van der Waals surface area contributed by atoms with E-state index in [2.05, 4.69) is 15.2 Å². The summed E-state index contributed by atoms with van der Waals surface area (Å²) in [6.07, 6.45) is 3.30. The smallest absolute Gasteiger partial charge is 0.172 e. The monoisotopic (exact) mass is 210 g/mol. The minimum atomic E-state index is 0.721. The Balaban J connectivity index is 2.64. The molecule has 0 atom stereocenters. The van der Waals surface area contributed by atoms with Gasteiger partial charge in [0.05, 0.1) is 9.72 Å². The topological polar surface area (TPSA) is 43.1 Å². The highest BCUT2D eigenvalue weighted by molar-refractivity contribution is 7.22. The minimum absolute atomic E-state index is 0.721. The lowest BCUT2D eigenvalue weighted by Crippen LogP contribution is -1.84. The van der Waals surface area contributed by atoms with Gasteiger partial charge >= 0.3 is 0 Å². The summed E-state index contributed by atoms with van der Waals surface area (Å²) in [5, 5.41) is 8.73. The molecule has 0 aliphatic heterocycles. The lowest BCUT2D eigenvalue weighted by molar-refractivity contribution is 1.08. The first-order chi connectivity index (χ1) is 6.34. The molecule has 0 saturated heterocycles. The zero-order valence-corrected chi connectivity index (χ0v) is 7.88. The van der Waals surface area contributed by atoms with E-state index in [0.29, 0.717) is 0 Å². The molecule has 0 aliphatic rings. The molecule has 13 heavy (non-hydrogen) atoms. The van der Waals surface area contributed by atoms with Crippen molar-refractivity contribution in [3.05, 3.63) is 23.1 Å². The summed E-state index contributed by atoms with van der Waals surface area (Å²) in [5.74, 6) is 0. The van der Waals surface area contributed by atoms with Crippen LogP contribution in [0, 0.1) is 0 Å². The summed E-state index contributed by atoms with van der Waals surface area (Å²) < 4.78 is 2.49. The number of halogens is 1. The van der Waals surface area contributed by atoms with Crippen LogP contribution in [0.5, 0.6) is 0 Å². The van der Waals surface area contributed by atoms with E-state index in [1.165, 1.54) is 11.3 Å². The predicted octanol–water partition coefficient (Wildman–Crippen LogP) is 1.99. The maximum Gasteiger partial charge on any atom is 0.172 e. The van der Waals surface area contributed by atoms with Crippen molar-refractivity contribution in [2.75, 3.05) is 0 Å². The number of aromatic nitrogens is 4. The Morgan fingerprint density at radius 2 is 2.31 bits per heavy atom. The maximum atomic E-state index is 5.87. The van der Waals surface area contributed by atoms with Crippen molar-refractivity contribution in [3.8, 4) is 0 Å². The Morgan fingerprint density at radius 1 is 1.38 bits per heavy atom. The average molecular weight is 211 g/mol. The number of fused-ring (bicyclic) bond motifs is 3. The Morgan fingerprint density at radius 3 is 3.23 bits per heavy atom. The van der Waals surface area contributed by atoms with Gasteiger partial charge in [0.25, 0.3) is 0 Å². The van der Waals surface area contributed by atoms with Crippen LogP contribution in [0.2, 0.25) is 4.34 Å². The SMILES string of the molecule is Clc1cc2c(ncn3cnnc23)s1. The number of hydrogen-bond donors (Lipinski definition) is 0. The quantitative estimate of drug-likeness (QED) is 0.570. The van der Waals surface area contributed by atoms with Gasteiger partial charge in [0.1, 0.15) is 17.5 Å². The van der Waals surface area contributed by atoms with Crippen molar-refractivity contribution in [2.24, 2.45) is 0 Å². The average Bonchev–Trinajstić information content (AvgIpc) is 2.65. The standard InChI is InChI=1S/C7H3ClN4S/c8-5-1-4-6-11-10-3-12(6)2-9-7(4)13-5/h1-3H. The number of thiophene rings is 1. The highest BCUT2D eigenvalue weighted by Crippen LogP contribution is 2.29. The Labute approximate surface area is 81.8 Å². The van der Waals surface area contributed by atoms with Crippen LogP contribution in [-0.4, -0.2) is 19.6 Å². The van der Waals surface area contributed by atoms with Crippen molar-refractivity contribution in [1.82, 2.24) is 19.6 Å². The van der Waals surface area contributed by atoms with E-state index in [1.807, 2.05) is 6.07 Å². The van der Waals surface area contributed by atoms with Gasteiger partial charge in [-0.15, -0.1) is 21.5 Å². The molecule has 3 rings (SSSR count). The fourth-order valence-electron chi connectivity index (χ4n) is 1.24. The van der Waals surface area contributed by atoms with Gasteiger partial charge in [-0.2, -0.15) is 0 Å². The van der Waals surface area contributed by atoms with Crippen LogP contribution in [0.4, 0.5) is 0 Å². The Kier molecular flexibility index (Phi) is 1.33. The van der Waals surface area contributed by atoms with E-state index in [0.717, 1.165) is 20.2 Å². The molecule has 3 heterocycles. The van der Waals surface area contributed by atoms with Gasteiger partial charge in [0.2, 0.25) is 0 Å². The van der Waals surface area contributed by atoms with Crippen LogP contribution in [0.1, 0.15) is 0 Å². The van der Waals surface area contributed by atoms with E-state index in [1.54, 1.807) is 17.1 Å². The van der Waals surface area contributed by atoms with Crippen LogP contribution in [0.3, 0.4) is 0 Å². The van der Waals surface area contributed by atoms with Gasteiger partial charge in [-0.05, 0) is 6.07 Å². The number of hydrogen-bond acceptors (Lipinski definition) is 4. The van der Waals surface area contributed by atoms with E-state index in [4.69, 9.17) is 11.6 Å². The molecular formula is C7H3ClN4S. The van der Waals surface area contributed by atoms with E-state index >= 15 is 0 Å². The van der Waals surface area contributed by atoms with Gasteiger partial charge in [0.15, 0.2) is 5.65 Å². The fraction of sp³-hybridized carbons (Fsp3) is 0. The van der Waals surface area contributed by atoms with Gasteiger partial charge in [-0.3, -0.25) is 4.40 Å². The molecule has 6 heteroatoms. The number of nitrogens with zero attached hydrogens (tertiary/aromatic N) is 4. The van der Waals surface area contributed by atoms with Gasteiger partial charge in [-0.25, -0.2) is 4.98 Å². The van der Waals surface area contributed by atoms with Crippen molar-refractivity contribution < 1.29 is 0 Å². The second-order valence-electron chi connectivity index (χ2n) is 2.58. The highest BCUT2D eigenvalue weighted by atomic mass is 35.5. The first-order valence-corrected chi connectivity index (χ1v) is 4.77. The van der Waals surface area contributed by atoms with E-state index in [9.17, 15) is 0 Å². The van der Waals surface area contributed by atoms with Crippen LogP contribution >= 0.6 is 22.9 Å². The molecule has 0 unspecified atom stereocenters. The number of rotatable bonds is 0. The van der Waals surface area contributed by atoms with Gasteiger partial charge < -0.3 is 0 Å². The third-order valence-corrected chi connectivity index (χ3v) is 2.97. The van der Waals surface area contributed by atoms with Crippen LogP contribution < -0.4 is 0 Å². The summed E-state index contributed by atoms with van der Waals surface area (Å²) in [4.78, 5) is 5.11. The molecule has 64 valence electrons. The largest absolute Gasteiger partial charge is 0.271 e. The summed E-state index contributed by atoms with van der Waals surface area (Å²) in [7, 11) is 0. The van der Waals surface area contributed by atoms with E-state index < -0.39 is 0 Å². The van der Waals surface area contributed by atoms with Crippen LogP contribution in [0.15, 0.2) is 18.7 Å². The third-order valence-electron chi connectivity index (χ3n) is 1.80. The zero-order chi connectivity index (χ0) is 8.84. The second-order valence-corrected chi connectivity index (χ2v) is 4.24. The lowest BCUT2D eigenvalue weighted by atomic mass is 10.4. The highest BCUT2D eigenvalue weighted by Gasteiger charge is 2.06. The summed E-state index contributed by atoms with van der Waals surface area (Å²) in [5.41, 5.74) is 0.799.